The van der Waals surface area contributed by atoms with E-state index in [1.807, 2.05) is 43.3 Å². The number of hydrogen-bond acceptors (Lipinski definition) is 6. The molecule has 1 atom stereocenters. The third-order valence-electron chi connectivity index (χ3n) is 6.72. The van der Waals surface area contributed by atoms with Crippen molar-refractivity contribution in [2.75, 3.05) is 24.5 Å². The summed E-state index contributed by atoms with van der Waals surface area (Å²) in [5, 5.41) is 20.1. The Morgan fingerprint density at radius 2 is 1.69 bits per heavy atom. The Balaban J connectivity index is 1.30. The van der Waals surface area contributed by atoms with Gasteiger partial charge in [0.15, 0.2) is 5.82 Å². The van der Waals surface area contributed by atoms with Crippen LogP contribution in [-0.4, -0.2) is 53.0 Å². The molecule has 1 aromatic heterocycles. The average Bonchev–Trinajstić information content (AvgIpc) is 2.93. The molecule has 2 heterocycles. The fourth-order valence-electron chi connectivity index (χ4n) is 4.81. The molecule has 1 amide bonds. The van der Waals surface area contributed by atoms with Gasteiger partial charge in [-0.25, -0.2) is 0 Å². The number of nitriles is 1. The van der Waals surface area contributed by atoms with Gasteiger partial charge < -0.3 is 14.5 Å². The summed E-state index contributed by atoms with van der Waals surface area (Å²) in [4.78, 5) is 16.9. The van der Waals surface area contributed by atoms with Gasteiger partial charge in [-0.05, 0) is 36.8 Å². The van der Waals surface area contributed by atoms with Crippen LogP contribution in [0.2, 0.25) is 0 Å². The van der Waals surface area contributed by atoms with Crippen LogP contribution in [0.1, 0.15) is 18.1 Å². The Morgan fingerprint density at radius 3 is 2.33 bits per heavy atom. The highest BCUT2D eigenvalue weighted by Gasteiger charge is 2.31. The number of piperazine rings is 1. The van der Waals surface area contributed by atoms with Gasteiger partial charge in [-0.1, -0.05) is 48.5 Å². The number of rotatable bonds is 5. The molecule has 39 heavy (non-hydrogen) atoms. The molecule has 5 rings (SSSR count). The molecular weight excluding hydrogens is 507 g/mol. The second-order valence-corrected chi connectivity index (χ2v) is 9.36. The number of nitrogens with zero attached hydrogens (tertiary/aromatic N) is 5. The fraction of sp³-hybridized carbons (Fsp3) is 0.241. The minimum atomic E-state index is -4.76. The third-order valence-corrected chi connectivity index (χ3v) is 6.72. The lowest BCUT2D eigenvalue weighted by Gasteiger charge is -2.40. The molecule has 1 fully saturated rings. The molecule has 1 saturated heterocycles. The van der Waals surface area contributed by atoms with Crippen LogP contribution in [0.15, 0.2) is 72.8 Å². The maximum atomic E-state index is 13.0. The van der Waals surface area contributed by atoms with Crippen molar-refractivity contribution in [3.8, 4) is 23.1 Å². The first-order valence-corrected chi connectivity index (χ1v) is 12.4. The molecule has 0 saturated carbocycles. The predicted octanol–water partition coefficient (Wildman–Crippen LogP) is 5.35. The number of benzene rings is 3. The second-order valence-electron chi connectivity index (χ2n) is 9.36. The van der Waals surface area contributed by atoms with E-state index < -0.39 is 6.36 Å². The molecule has 0 spiro atoms. The van der Waals surface area contributed by atoms with Crippen LogP contribution in [0.25, 0.3) is 22.0 Å². The molecule has 198 valence electrons. The summed E-state index contributed by atoms with van der Waals surface area (Å²) in [6.07, 6.45) is -4.67. The van der Waals surface area contributed by atoms with Gasteiger partial charge in [-0.2, -0.15) is 5.26 Å². The van der Waals surface area contributed by atoms with Crippen molar-refractivity contribution in [3.63, 3.8) is 0 Å². The van der Waals surface area contributed by atoms with Gasteiger partial charge in [-0.15, -0.1) is 23.4 Å². The summed E-state index contributed by atoms with van der Waals surface area (Å²) in [5.41, 5.74) is 2.78. The molecule has 1 aliphatic rings. The first-order valence-electron chi connectivity index (χ1n) is 12.4. The molecule has 7 nitrogen and oxygen atoms in total. The summed E-state index contributed by atoms with van der Waals surface area (Å²) in [6, 6.07) is 22.6. The Labute approximate surface area is 223 Å². The zero-order valence-corrected chi connectivity index (χ0v) is 21.0. The maximum absolute atomic E-state index is 13.0. The molecule has 0 N–H and O–H groups in total. The minimum Gasteiger partial charge on any atom is -0.406 e. The number of ether oxygens (including phenoxy) is 1. The van der Waals surface area contributed by atoms with Gasteiger partial charge >= 0.3 is 6.36 Å². The molecule has 0 bridgehead atoms. The molecule has 0 radical (unpaired) electrons. The van der Waals surface area contributed by atoms with Crippen molar-refractivity contribution in [3.05, 3.63) is 83.9 Å². The second kappa shape index (κ2) is 10.6. The largest absolute Gasteiger partial charge is 0.573 e. The van der Waals surface area contributed by atoms with Gasteiger partial charge in [-0.3, -0.25) is 4.79 Å². The quantitative estimate of drug-likeness (QED) is 0.346. The number of amides is 1. The molecule has 10 heteroatoms. The summed E-state index contributed by atoms with van der Waals surface area (Å²) in [7, 11) is 0. The Bertz CT molecular complexity index is 1530. The molecule has 0 aliphatic carbocycles. The lowest BCUT2D eigenvalue weighted by molar-refractivity contribution is -0.274. The van der Waals surface area contributed by atoms with Crippen LogP contribution in [-0.2, 0) is 11.2 Å². The summed E-state index contributed by atoms with van der Waals surface area (Å²) in [6.45, 7) is 3.53. The zero-order chi connectivity index (χ0) is 27.6. The number of anilines is 1. The molecular formula is C29H24F3N5O2. The first-order chi connectivity index (χ1) is 18.7. The summed E-state index contributed by atoms with van der Waals surface area (Å²) in [5.74, 6) is 0.320. The van der Waals surface area contributed by atoms with E-state index in [-0.39, 0.29) is 24.1 Å². The van der Waals surface area contributed by atoms with Gasteiger partial charge in [0, 0.05) is 42.0 Å². The third kappa shape index (κ3) is 5.77. The standard InChI is InChI=1S/C29H24F3N5O2/c1-19-18-36(26(38)16-20-8-12-23(13-9-20)39-29(30,31)32)14-15-37(19)28-25-5-3-2-4-24(25)27(34-35-28)22-10-6-21(17-33)7-11-22/h2-13,19H,14-16,18H2,1H3/t19-/m0/s1. The fourth-order valence-corrected chi connectivity index (χ4v) is 4.81. The lowest BCUT2D eigenvalue weighted by atomic mass is 10.0. The highest BCUT2D eigenvalue weighted by Crippen LogP contribution is 2.33. The maximum Gasteiger partial charge on any atom is 0.573 e. The van der Waals surface area contributed by atoms with Crippen LogP contribution in [0.3, 0.4) is 0 Å². The molecule has 4 aromatic rings. The number of carbonyl (C=O) groups is 1. The number of alkyl halides is 3. The zero-order valence-electron chi connectivity index (χ0n) is 21.0. The number of fused-ring (bicyclic) bond motifs is 1. The summed E-state index contributed by atoms with van der Waals surface area (Å²) < 4.78 is 41.1. The normalized spacial score (nSPS) is 15.7. The van der Waals surface area contributed by atoms with Crippen LogP contribution < -0.4 is 9.64 Å². The predicted molar refractivity (Wildman–Crippen MR) is 140 cm³/mol. The topological polar surface area (TPSA) is 82.3 Å². The van der Waals surface area contributed by atoms with Gasteiger partial charge in [0.1, 0.15) is 11.4 Å². The number of aromatic nitrogens is 2. The smallest absolute Gasteiger partial charge is 0.406 e. The Hall–Kier alpha value is -4.65. The van der Waals surface area contributed by atoms with E-state index in [4.69, 9.17) is 5.26 Å². The van der Waals surface area contributed by atoms with Crippen molar-refractivity contribution in [1.29, 1.82) is 5.26 Å². The molecule has 3 aromatic carbocycles. The SMILES string of the molecule is C[C@H]1CN(C(=O)Cc2ccc(OC(F)(F)F)cc2)CCN1c1nnc(-c2ccc(C#N)cc2)c2ccccc12. The van der Waals surface area contributed by atoms with Crippen molar-refractivity contribution in [1.82, 2.24) is 15.1 Å². The molecule has 0 unspecified atom stereocenters. The van der Waals surface area contributed by atoms with E-state index >= 15 is 0 Å². The Morgan fingerprint density at radius 1 is 1.00 bits per heavy atom. The summed E-state index contributed by atoms with van der Waals surface area (Å²) >= 11 is 0. The lowest BCUT2D eigenvalue weighted by Crippen LogP contribution is -2.54. The van der Waals surface area contributed by atoms with E-state index in [0.717, 1.165) is 27.8 Å². The Kier molecular flexibility index (Phi) is 7.07. The van der Waals surface area contributed by atoms with Crippen molar-refractivity contribution in [2.45, 2.75) is 25.7 Å². The van der Waals surface area contributed by atoms with Crippen LogP contribution in [0, 0.1) is 11.3 Å². The van der Waals surface area contributed by atoms with Crippen molar-refractivity contribution < 1.29 is 22.7 Å². The van der Waals surface area contributed by atoms with E-state index in [9.17, 15) is 18.0 Å². The van der Waals surface area contributed by atoms with Crippen LogP contribution >= 0.6 is 0 Å². The van der Waals surface area contributed by atoms with E-state index in [1.54, 1.807) is 17.0 Å². The van der Waals surface area contributed by atoms with Crippen molar-refractivity contribution >= 4 is 22.5 Å². The monoisotopic (exact) mass is 531 g/mol. The van der Waals surface area contributed by atoms with E-state index in [2.05, 4.69) is 25.9 Å². The van der Waals surface area contributed by atoms with Crippen LogP contribution in [0.4, 0.5) is 19.0 Å². The van der Waals surface area contributed by atoms with E-state index in [1.165, 1.54) is 24.3 Å². The van der Waals surface area contributed by atoms with Gasteiger partial charge in [0.05, 0.1) is 18.1 Å². The van der Waals surface area contributed by atoms with Gasteiger partial charge in [0.25, 0.3) is 0 Å². The van der Waals surface area contributed by atoms with Gasteiger partial charge in [0.2, 0.25) is 5.91 Å². The highest BCUT2D eigenvalue weighted by molar-refractivity contribution is 6.00. The first kappa shape index (κ1) is 26.0. The number of carbonyl (C=O) groups excluding carboxylic acids is 1. The van der Waals surface area contributed by atoms with Crippen LogP contribution in [0.5, 0.6) is 5.75 Å². The average molecular weight is 532 g/mol. The molecule has 1 aliphatic heterocycles. The minimum absolute atomic E-state index is 0.0382. The number of halogens is 3. The number of hydrogen-bond donors (Lipinski definition) is 0. The van der Waals surface area contributed by atoms with E-state index in [0.29, 0.717) is 30.8 Å². The highest BCUT2D eigenvalue weighted by atomic mass is 19.4. The van der Waals surface area contributed by atoms with Crippen molar-refractivity contribution in [2.24, 2.45) is 0 Å².